The first-order chi connectivity index (χ1) is 9.49. The molecule has 0 N–H and O–H groups in total. The maximum absolute atomic E-state index is 10.0. The quantitative estimate of drug-likeness (QED) is 0.804. The van der Waals surface area contributed by atoms with Gasteiger partial charge in [0.25, 0.3) is 0 Å². The Morgan fingerprint density at radius 2 is 1.95 bits per heavy atom. The number of rotatable bonds is 2. The fourth-order valence-corrected chi connectivity index (χ4v) is 3.81. The van der Waals surface area contributed by atoms with Gasteiger partial charge in [-0.2, -0.15) is 5.26 Å². The first-order valence-corrected chi connectivity index (χ1v) is 7.77. The van der Waals surface area contributed by atoms with Crippen molar-refractivity contribution < 1.29 is 0 Å². The van der Waals surface area contributed by atoms with Crippen LogP contribution in [-0.2, 0) is 5.54 Å². The molecular formula is C18H24N2. The zero-order valence-corrected chi connectivity index (χ0v) is 12.8. The molecule has 1 aliphatic carbocycles. The highest BCUT2D eigenvalue weighted by atomic mass is 15.3. The highest BCUT2D eigenvalue weighted by molar-refractivity contribution is 5.43. The Kier molecular flexibility index (Phi) is 3.14. The Morgan fingerprint density at radius 3 is 2.55 bits per heavy atom. The van der Waals surface area contributed by atoms with Crippen molar-refractivity contribution in [2.24, 2.45) is 0 Å². The second-order valence-corrected chi connectivity index (χ2v) is 7.26. The van der Waals surface area contributed by atoms with Gasteiger partial charge in [0.2, 0.25) is 0 Å². The molecule has 0 bridgehead atoms. The van der Waals surface area contributed by atoms with E-state index < -0.39 is 5.54 Å². The van der Waals surface area contributed by atoms with Gasteiger partial charge in [0, 0.05) is 12.1 Å². The second kappa shape index (κ2) is 4.60. The first-order valence-electron chi connectivity index (χ1n) is 7.77. The van der Waals surface area contributed by atoms with Crippen molar-refractivity contribution >= 4 is 0 Å². The minimum Gasteiger partial charge on any atom is -0.277 e. The van der Waals surface area contributed by atoms with Gasteiger partial charge in [-0.25, -0.2) is 0 Å². The van der Waals surface area contributed by atoms with E-state index in [2.05, 4.69) is 56.0 Å². The van der Waals surface area contributed by atoms with Crippen LogP contribution >= 0.6 is 0 Å². The normalized spacial score (nSPS) is 27.5. The Labute approximate surface area is 122 Å². The molecule has 3 rings (SSSR count). The largest absolute Gasteiger partial charge is 0.277 e. The minimum atomic E-state index is -0.419. The van der Waals surface area contributed by atoms with E-state index in [1.54, 1.807) is 0 Å². The first kappa shape index (κ1) is 13.6. The highest BCUT2D eigenvalue weighted by Gasteiger charge is 2.49. The number of benzene rings is 1. The van der Waals surface area contributed by atoms with Crippen LogP contribution < -0.4 is 0 Å². The fourth-order valence-electron chi connectivity index (χ4n) is 3.81. The summed E-state index contributed by atoms with van der Waals surface area (Å²) < 4.78 is 0. The molecule has 1 aromatic carbocycles. The van der Waals surface area contributed by atoms with Crippen LogP contribution in [-0.4, -0.2) is 17.0 Å². The molecule has 2 heteroatoms. The lowest BCUT2D eigenvalue weighted by atomic mass is 9.82. The molecule has 1 saturated heterocycles. The Balaban J connectivity index is 2.12. The monoisotopic (exact) mass is 268 g/mol. The summed E-state index contributed by atoms with van der Waals surface area (Å²) in [6.45, 7) is 7.70. The van der Waals surface area contributed by atoms with Crippen molar-refractivity contribution in [2.45, 2.75) is 63.5 Å². The molecule has 1 saturated carbocycles. The van der Waals surface area contributed by atoms with Crippen molar-refractivity contribution in [2.75, 3.05) is 6.54 Å². The Morgan fingerprint density at radius 1 is 1.25 bits per heavy atom. The Hall–Kier alpha value is -1.33. The molecule has 1 atom stereocenters. The van der Waals surface area contributed by atoms with E-state index in [0.29, 0.717) is 5.92 Å². The van der Waals surface area contributed by atoms with E-state index in [0.717, 1.165) is 19.4 Å². The van der Waals surface area contributed by atoms with Crippen LogP contribution in [0.1, 0.15) is 63.5 Å². The lowest BCUT2D eigenvalue weighted by Crippen LogP contribution is -2.51. The summed E-state index contributed by atoms with van der Waals surface area (Å²) >= 11 is 0. The molecule has 20 heavy (non-hydrogen) atoms. The third kappa shape index (κ3) is 2.05. The molecule has 0 aromatic heterocycles. The van der Waals surface area contributed by atoms with E-state index in [9.17, 15) is 5.26 Å². The van der Waals surface area contributed by atoms with Crippen molar-refractivity contribution in [1.29, 1.82) is 5.26 Å². The summed E-state index contributed by atoms with van der Waals surface area (Å²) in [4.78, 5) is 2.42. The molecule has 2 aliphatic rings. The van der Waals surface area contributed by atoms with Gasteiger partial charge in [0.1, 0.15) is 5.54 Å². The van der Waals surface area contributed by atoms with Crippen molar-refractivity contribution in [3.05, 3.63) is 35.4 Å². The van der Waals surface area contributed by atoms with E-state index in [4.69, 9.17) is 0 Å². The van der Waals surface area contributed by atoms with Crippen LogP contribution in [0.2, 0.25) is 0 Å². The predicted octanol–water partition coefficient (Wildman–Crippen LogP) is 4.18. The van der Waals surface area contributed by atoms with Crippen LogP contribution in [0.15, 0.2) is 24.3 Å². The molecule has 106 valence electrons. The molecule has 0 amide bonds. The fraction of sp³-hybridized carbons (Fsp3) is 0.611. The molecule has 0 radical (unpaired) electrons. The summed E-state index contributed by atoms with van der Waals surface area (Å²) in [5, 5.41) is 10.0. The third-order valence-electron chi connectivity index (χ3n) is 4.80. The topological polar surface area (TPSA) is 27.0 Å². The molecule has 0 spiro atoms. The summed E-state index contributed by atoms with van der Waals surface area (Å²) in [5.41, 5.74) is 2.31. The third-order valence-corrected chi connectivity index (χ3v) is 4.80. The van der Waals surface area contributed by atoms with E-state index >= 15 is 0 Å². The van der Waals surface area contributed by atoms with Crippen LogP contribution in [0, 0.1) is 11.3 Å². The number of hydrogen-bond acceptors (Lipinski definition) is 2. The summed E-state index contributed by atoms with van der Waals surface area (Å²) in [6.07, 6.45) is 4.65. The van der Waals surface area contributed by atoms with Gasteiger partial charge in [-0.1, -0.05) is 24.3 Å². The van der Waals surface area contributed by atoms with E-state index in [-0.39, 0.29) is 5.54 Å². The molecule has 2 nitrogen and oxygen atoms in total. The number of nitriles is 1. The summed E-state index contributed by atoms with van der Waals surface area (Å²) in [7, 11) is 0. The molecule has 1 unspecified atom stereocenters. The van der Waals surface area contributed by atoms with Gasteiger partial charge in [-0.3, -0.25) is 4.90 Å². The van der Waals surface area contributed by atoms with Gasteiger partial charge in [0.15, 0.2) is 0 Å². The maximum Gasteiger partial charge on any atom is 0.135 e. The van der Waals surface area contributed by atoms with Crippen LogP contribution in [0.25, 0.3) is 0 Å². The van der Waals surface area contributed by atoms with E-state index in [1.807, 2.05) is 0 Å². The molecular weight excluding hydrogens is 244 g/mol. The molecule has 1 aliphatic heterocycles. The Bertz CT molecular complexity index is 545. The van der Waals surface area contributed by atoms with E-state index in [1.165, 1.54) is 24.0 Å². The number of hydrogen-bond donors (Lipinski definition) is 0. The van der Waals surface area contributed by atoms with Gasteiger partial charge < -0.3 is 0 Å². The average Bonchev–Trinajstić information content (AvgIpc) is 3.16. The van der Waals surface area contributed by atoms with Gasteiger partial charge in [-0.15, -0.1) is 0 Å². The zero-order chi connectivity index (χ0) is 14.4. The lowest BCUT2D eigenvalue weighted by Gasteiger charge is -2.43. The lowest BCUT2D eigenvalue weighted by molar-refractivity contribution is 0.0776. The summed E-state index contributed by atoms with van der Waals surface area (Å²) in [6, 6.07) is 11.4. The van der Waals surface area contributed by atoms with Crippen molar-refractivity contribution in [3.63, 3.8) is 0 Å². The van der Waals surface area contributed by atoms with Gasteiger partial charge in [-0.05, 0) is 63.5 Å². The molecule has 1 aromatic rings. The number of nitrogens with zero attached hydrogens (tertiary/aromatic N) is 2. The standard InChI is InChI=1S/C18H24N2/c1-17(2,3)20-12-6-11-18(20,13-19)16-8-5-4-7-15(16)14-9-10-14/h4-5,7-8,14H,6,9-12H2,1-3H3. The highest BCUT2D eigenvalue weighted by Crippen LogP contribution is 2.49. The number of likely N-dealkylation sites (tertiary alicyclic amines) is 1. The maximum atomic E-state index is 10.0. The second-order valence-electron chi connectivity index (χ2n) is 7.26. The van der Waals surface area contributed by atoms with Gasteiger partial charge >= 0.3 is 0 Å². The minimum absolute atomic E-state index is 0.0306. The van der Waals surface area contributed by atoms with Crippen LogP contribution in [0.3, 0.4) is 0 Å². The average molecular weight is 268 g/mol. The van der Waals surface area contributed by atoms with Crippen LogP contribution in [0.5, 0.6) is 0 Å². The molecule has 2 fully saturated rings. The van der Waals surface area contributed by atoms with Crippen molar-refractivity contribution in [1.82, 2.24) is 4.90 Å². The SMILES string of the molecule is CC(C)(C)N1CCCC1(C#N)c1ccccc1C1CC1. The van der Waals surface area contributed by atoms with Crippen molar-refractivity contribution in [3.8, 4) is 6.07 Å². The van der Waals surface area contributed by atoms with Crippen LogP contribution in [0.4, 0.5) is 0 Å². The summed E-state index contributed by atoms with van der Waals surface area (Å²) in [5.74, 6) is 0.693. The van der Waals surface area contributed by atoms with Gasteiger partial charge in [0.05, 0.1) is 6.07 Å². The zero-order valence-electron chi connectivity index (χ0n) is 12.8. The predicted molar refractivity (Wildman–Crippen MR) is 81.4 cm³/mol. The smallest absolute Gasteiger partial charge is 0.135 e. The molecule has 1 heterocycles.